The minimum atomic E-state index is -1.01. The zero-order valence-electron chi connectivity index (χ0n) is 8.81. The number of aromatic carboxylic acids is 1. The fourth-order valence-corrected chi connectivity index (χ4v) is 1.19. The van der Waals surface area contributed by atoms with Gasteiger partial charge in [-0.3, -0.25) is 0 Å². The Bertz CT molecular complexity index is 398. The molecule has 0 aliphatic carbocycles. The van der Waals surface area contributed by atoms with Gasteiger partial charge in [-0.05, 0) is 18.9 Å². The number of carbonyl (C=O) groups is 1. The molecule has 5 nitrogen and oxygen atoms in total. The second kappa shape index (κ2) is 6.40. The van der Waals surface area contributed by atoms with Gasteiger partial charge in [0.15, 0.2) is 5.82 Å². The number of carboxylic acid groups (broad SMARTS) is 1. The van der Waals surface area contributed by atoms with Crippen molar-refractivity contribution in [2.24, 2.45) is 0 Å². The lowest BCUT2D eigenvalue weighted by Crippen LogP contribution is -2.10. The van der Waals surface area contributed by atoms with Gasteiger partial charge in [0.1, 0.15) is 5.56 Å². The molecule has 1 rings (SSSR count). The summed E-state index contributed by atoms with van der Waals surface area (Å²) in [6, 6.07) is 1.42. The number of rotatable bonds is 6. The first-order chi connectivity index (χ1) is 7.75. The van der Waals surface area contributed by atoms with Crippen molar-refractivity contribution in [1.29, 1.82) is 0 Å². The average Bonchev–Trinajstić information content (AvgIpc) is 2.29. The SMILES string of the molecule is C#CCCCCNc1nnccc1C(=O)O. The Morgan fingerprint density at radius 2 is 2.38 bits per heavy atom. The number of nitrogens with one attached hydrogen (secondary N) is 1. The maximum absolute atomic E-state index is 10.8. The van der Waals surface area contributed by atoms with E-state index in [2.05, 4.69) is 21.4 Å². The first kappa shape index (κ1) is 12.0. The number of aromatic nitrogens is 2. The van der Waals surface area contributed by atoms with E-state index in [4.69, 9.17) is 11.5 Å². The van der Waals surface area contributed by atoms with Crippen LogP contribution in [0.25, 0.3) is 0 Å². The summed E-state index contributed by atoms with van der Waals surface area (Å²) in [4.78, 5) is 10.8. The van der Waals surface area contributed by atoms with Gasteiger partial charge in [0, 0.05) is 13.0 Å². The molecule has 0 aliphatic heterocycles. The standard InChI is InChI=1S/C11H13N3O2/c1-2-3-4-5-7-12-10-9(11(15)16)6-8-13-14-10/h1,6,8H,3-5,7H2,(H,12,14)(H,15,16). The van der Waals surface area contributed by atoms with Crippen molar-refractivity contribution < 1.29 is 9.90 Å². The van der Waals surface area contributed by atoms with Gasteiger partial charge in [-0.15, -0.1) is 17.4 Å². The molecular formula is C11H13N3O2. The summed E-state index contributed by atoms with van der Waals surface area (Å²) in [6.07, 6.45) is 8.98. The number of anilines is 1. The fraction of sp³-hybridized carbons (Fsp3) is 0.364. The summed E-state index contributed by atoms with van der Waals surface area (Å²) >= 11 is 0. The molecule has 0 bridgehead atoms. The Balaban J connectivity index is 2.47. The summed E-state index contributed by atoms with van der Waals surface area (Å²) in [7, 11) is 0. The van der Waals surface area contributed by atoms with Crippen molar-refractivity contribution in [3.63, 3.8) is 0 Å². The van der Waals surface area contributed by atoms with E-state index in [-0.39, 0.29) is 5.56 Å². The molecule has 0 spiro atoms. The van der Waals surface area contributed by atoms with E-state index in [1.807, 2.05) is 0 Å². The highest BCUT2D eigenvalue weighted by atomic mass is 16.4. The Morgan fingerprint density at radius 3 is 3.06 bits per heavy atom. The lowest BCUT2D eigenvalue weighted by molar-refractivity contribution is 0.0697. The molecule has 1 aromatic rings. The van der Waals surface area contributed by atoms with Gasteiger partial charge in [0.2, 0.25) is 0 Å². The van der Waals surface area contributed by atoms with Crippen LogP contribution in [0.1, 0.15) is 29.6 Å². The minimum Gasteiger partial charge on any atom is -0.478 e. The van der Waals surface area contributed by atoms with E-state index in [1.165, 1.54) is 12.3 Å². The summed E-state index contributed by atoms with van der Waals surface area (Å²) in [5.74, 6) is 1.83. The third kappa shape index (κ3) is 3.58. The molecule has 84 valence electrons. The Labute approximate surface area is 93.9 Å². The molecule has 0 radical (unpaired) electrons. The maximum atomic E-state index is 10.8. The molecule has 0 unspecified atom stereocenters. The van der Waals surface area contributed by atoms with E-state index < -0.39 is 5.97 Å². The fourth-order valence-electron chi connectivity index (χ4n) is 1.19. The highest BCUT2D eigenvalue weighted by Gasteiger charge is 2.10. The van der Waals surface area contributed by atoms with Crippen molar-refractivity contribution in [2.75, 3.05) is 11.9 Å². The zero-order valence-corrected chi connectivity index (χ0v) is 8.81. The normalized spacial score (nSPS) is 9.44. The number of hydrogen-bond donors (Lipinski definition) is 2. The predicted octanol–water partition coefficient (Wildman–Crippen LogP) is 1.39. The van der Waals surface area contributed by atoms with Crippen molar-refractivity contribution in [3.05, 3.63) is 17.8 Å². The van der Waals surface area contributed by atoms with Crippen LogP contribution in [0.5, 0.6) is 0 Å². The third-order valence-electron chi connectivity index (χ3n) is 1.99. The average molecular weight is 219 g/mol. The smallest absolute Gasteiger partial charge is 0.339 e. The first-order valence-corrected chi connectivity index (χ1v) is 4.98. The lowest BCUT2D eigenvalue weighted by atomic mass is 10.2. The van der Waals surface area contributed by atoms with Gasteiger partial charge < -0.3 is 10.4 Å². The molecule has 0 atom stereocenters. The van der Waals surface area contributed by atoms with Crippen LogP contribution in [-0.2, 0) is 0 Å². The van der Waals surface area contributed by atoms with Crippen LogP contribution in [0.15, 0.2) is 12.3 Å². The molecule has 1 heterocycles. The summed E-state index contributed by atoms with van der Waals surface area (Å²) < 4.78 is 0. The van der Waals surface area contributed by atoms with Crippen molar-refractivity contribution >= 4 is 11.8 Å². The molecule has 16 heavy (non-hydrogen) atoms. The van der Waals surface area contributed by atoms with Crippen LogP contribution in [0.2, 0.25) is 0 Å². The molecule has 0 aliphatic rings. The van der Waals surface area contributed by atoms with Crippen molar-refractivity contribution in [3.8, 4) is 12.3 Å². The van der Waals surface area contributed by atoms with Crippen molar-refractivity contribution in [1.82, 2.24) is 10.2 Å². The van der Waals surface area contributed by atoms with Crippen LogP contribution in [0, 0.1) is 12.3 Å². The van der Waals surface area contributed by atoms with Gasteiger partial charge in [-0.1, -0.05) is 0 Å². The predicted molar refractivity (Wildman–Crippen MR) is 60.2 cm³/mol. The van der Waals surface area contributed by atoms with Gasteiger partial charge in [-0.25, -0.2) is 4.79 Å². The number of unbranched alkanes of at least 4 members (excludes halogenated alkanes) is 2. The summed E-state index contributed by atoms with van der Waals surface area (Å²) in [5.41, 5.74) is 0.131. The van der Waals surface area contributed by atoms with Crippen LogP contribution in [-0.4, -0.2) is 27.8 Å². The molecule has 0 saturated carbocycles. The van der Waals surface area contributed by atoms with E-state index in [0.29, 0.717) is 12.4 Å². The molecular weight excluding hydrogens is 206 g/mol. The number of carboxylic acids is 1. The van der Waals surface area contributed by atoms with E-state index in [1.54, 1.807) is 0 Å². The minimum absolute atomic E-state index is 0.131. The van der Waals surface area contributed by atoms with Crippen molar-refractivity contribution in [2.45, 2.75) is 19.3 Å². The molecule has 2 N–H and O–H groups in total. The highest BCUT2D eigenvalue weighted by molar-refractivity contribution is 5.92. The number of nitrogens with zero attached hydrogens (tertiary/aromatic N) is 2. The zero-order chi connectivity index (χ0) is 11.8. The summed E-state index contributed by atoms with van der Waals surface area (Å²) in [6.45, 7) is 0.640. The monoisotopic (exact) mass is 219 g/mol. The molecule has 5 heteroatoms. The largest absolute Gasteiger partial charge is 0.478 e. The van der Waals surface area contributed by atoms with Gasteiger partial charge in [-0.2, -0.15) is 5.10 Å². The first-order valence-electron chi connectivity index (χ1n) is 4.98. The van der Waals surface area contributed by atoms with E-state index in [0.717, 1.165) is 19.3 Å². The van der Waals surface area contributed by atoms with Gasteiger partial charge in [0.05, 0.1) is 6.20 Å². The number of hydrogen-bond acceptors (Lipinski definition) is 4. The second-order valence-electron chi connectivity index (χ2n) is 3.19. The Morgan fingerprint density at radius 1 is 1.56 bits per heavy atom. The van der Waals surface area contributed by atoms with Gasteiger partial charge in [0.25, 0.3) is 0 Å². The van der Waals surface area contributed by atoms with Crippen LogP contribution < -0.4 is 5.32 Å². The van der Waals surface area contributed by atoms with Crippen LogP contribution in [0.3, 0.4) is 0 Å². The Hall–Kier alpha value is -2.09. The lowest BCUT2D eigenvalue weighted by Gasteiger charge is -2.06. The van der Waals surface area contributed by atoms with E-state index in [9.17, 15) is 4.79 Å². The molecule has 0 fully saturated rings. The topological polar surface area (TPSA) is 75.1 Å². The third-order valence-corrected chi connectivity index (χ3v) is 1.99. The highest BCUT2D eigenvalue weighted by Crippen LogP contribution is 2.09. The quantitative estimate of drug-likeness (QED) is 0.558. The molecule has 0 aromatic carbocycles. The Kier molecular flexibility index (Phi) is 4.80. The van der Waals surface area contributed by atoms with Crippen LogP contribution in [0.4, 0.5) is 5.82 Å². The molecule has 0 amide bonds. The van der Waals surface area contributed by atoms with E-state index >= 15 is 0 Å². The maximum Gasteiger partial charge on any atom is 0.339 e. The number of terminal acetylenes is 1. The summed E-state index contributed by atoms with van der Waals surface area (Å²) in [5, 5.41) is 19.2. The van der Waals surface area contributed by atoms with Crippen LogP contribution >= 0.6 is 0 Å². The van der Waals surface area contributed by atoms with Gasteiger partial charge >= 0.3 is 5.97 Å². The second-order valence-corrected chi connectivity index (χ2v) is 3.19. The molecule has 0 saturated heterocycles. The molecule has 1 aromatic heterocycles.